The molecule has 0 spiro atoms. The van der Waals surface area contributed by atoms with E-state index < -0.39 is 11.9 Å². The fraction of sp³-hybridized carbons (Fsp3) is 0.750. The molecule has 18 heavy (non-hydrogen) atoms. The first-order valence-electron chi connectivity index (χ1n) is 6.12. The molecule has 1 amide bonds. The molecule has 0 rings (SSSR count). The van der Waals surface area contributed by atoms with E-state index in [2.05, 4.69) is 4.74 Å². The van der Waals surface area contributed by atoms with E-state index in [9.17, 15) is 9.59 Å². The Morgan fingerprint density at radius 1 is 1.33 bits per heavy atom. The molecule has 0 saturated carbocycles. The zero-order chi connectivity index (χ0) is 14.1. The summed E-state index contributed by atoms with van der Waals surface area (Å²) >= 11 is 4.92. The standard InChI is InChI=1S/C12H22N2O3S/c1-4-6-9(11(13)18)12(16)14(7-5-2)8-10(15)17-3/h9H,4-8H2,1-3H3,(H2,13,18). The molecule has 0 bridgehead atoms. The minimum Gasteiger partial charge on any atom is -0.468 e. The molecule has 0 aromatic rings. The molecular formula is C12H22N2O3S. The minimum atomic E-state index is -0.485. The summed E-state index contributed by atoms with van der Waals surface area (Å²) in [6, 6.07) is 0. The summed E-state index contributed by atoms with van der Waals surface area (Å²) < 4.78 is 4.58. The number of amides is 1. The average molecular weight is 274 g/mol. The van der Waals surface area contributed by atoms with Crippen LogP contribution >= 0.6 is 12.2 Å². The number of carbonyl (C=O) groups is 2. The van der Waals surface area contributed by atoms with Crippen molar-refractivity contribution in [1.82, 2.24) is 4.90 Å². The van der Waals surface area contributed by atoms with Crippen molar-refractivity contribution in [3.63, 3.8) is 0 Å². The Hall–Kier alpha value is -1.17. The lowest BCUT2D eigenvalue weighted by atomic mass is 10.0. The van der Waals surface area contributed by atoms with Crippen LogP contribution in [0.5, 0.6) is 0 Å². The maximum absolute atomic E-state index is 12.3. The van der Waals surface area contributed by atoms with Gasteiger partial charge in [0, 0.05) is 6.54 Å². The van der Waals surface area contributed by atoms with Crippen molar-refractivity contribution in [1.29, 1.82) is 0 Å². The van der Waals surface area contributed by atoms with Crippen molar-refractivity contribution in [3.05, 3.63) is 0 Å². The molecule has 1 unspecified atom stereocenters. The van der Waals surface area contributed by atoms with Gasteiger partial charge in [-0.3, -0.25) is 9.59 Å². The Balaban J connectivity index is 4.80. The third-order valence-electron chi connectivity index (χ3n) is 2.57. The zero-order valence-corrected chi connectivity index (χ0v) is 12.1. The highest BCUT2D eigenvalue weighted by Crippen LogP contribution is 2.12. The molecule has 0 aliphatic heterocycles. The van der Waals surface area contributed by atoms with Crippen molar-refractivity contribution in [2.45, 2.75) is 33.1 Å². The van der Waals surface area contributed by atoms with Crippen LogP contribution in [0.1, 0.15) is 33.1 Å². The monoisotopic (exact) mass is 274 g/mol. The first-order chi connectivity index (χ1) is 8.47. The number of nitrogens with two attached hydrogens (primary N) is 1. The van der Waals surface area contributed by atoms with Crippen molar-refractivity contribution >= 4 is 29.1 Å². The van der Waals surface area contributed by atoms with Gasteiger partial charge < -0.3 is 15.4 Å². The van der Waals surface area contributed by atoms with Gasteiger partial charge in [0.15, 0.2) is 0 Å². The molecule has 0 saturated heterocycles. The largest absolute Gasteiger partial charge is 0.468 e. The van der Waals surface area contributed by atoms with E-state index in [-0.39, 0.29) is 17.4 Å². The third kappa shape index (κ3) is 5.44. The Morgan fingerprint density at radius 3 is 2.33 bits per heavy atom. The maximum Gasteiger partial charge on any atom is 0.325 e. The Morgan fingerprint density at radius 2 is 1.94 bits per heavy atom. The van der Waals surface area contributed by atoms with Gasteiger partial charge >= 0.3 is 5.97 Å². The molecule has 5 nitrogen and oxygen atoms in total. The highest BCUT2D eigenvalue weighted by atomic mass is 32.1. The lowest BCUT2D eigenvalue weighted by Gasteiger charge is -2.25. The quantitative estimate of drug-likeness (QED) is 0.530. The highest BCUT2D eigenvalue weighted by Gasteiger charge is 2.27. The summed E-state index contributed by atoms with van der Waals surface area (Å²) in [7, 11) is 1.30. The van der Waals surface area contributed by atoms with E-state index in [0.717, 1.165) is 12.8 Å². The molecule has 0 heterocycles. The number of rotatable bonds is 8. The molecule has 0 radical (unpaired) electrons. The minimum absolute atomic E-state index is 0.0496. The van der Waals surface area contributed by atoms with Crippen molar-refractivity contribution in [2.24, 2.45) is 11.7 Å². The average Bonchev–Trinajstić information content (AvgIpc) is 2.34. The molecule has 104 valence electrons. The maximum atomic E-state index is 12.3. The van der Waals surface area contributed by atoms with Gasteiger partial charge in [0.25, 0.3) is 0 Å². The van der Waals surface area contributed by atoms with Crippen LogP contribution in [0.4, 0.5) is 0 Å². The second-order valence-electron chi connectivity index (χ2n) is 4.08. The number of hydrogen-bond acceptors (Lipinski definition) is 4. The third-order valence-corrected chi connectivity index (χ3v) is 2.86. The predicted octanol–water partition coefficient (Wildman–Crippen LogP) is 1.10. The molecule has 2 N–H and O–H groups in total. The number of ether oxygens (including phenoxy) is 1. The molecule has 1 atom stereocenters. The molecular weight excluding hydrogens is 252 g/mol. The first kappa shape index (κ1) is 16.8. The second kappa shape index (κ2) is 8.85. The number of hydrogen-bond donors (Lipinski definition) is 1. The van der Waals surface area contributed by atoms with Gasteiger partial charge in [0.2, 0.25) is 5.91 Å². The van der Waals surface area contributed by atoms with Crippen molar-refractivity contribution < 1.29 is 14.3 Å². The number of thiocarbonyl (C=S) groups is 1. The van der Waals surface area contributed by atoms with E-state index in [1.807, 2.05) is 13.8 Å². The van der Waals surface area contributed by atoms with Gasteiger partial charge in [-0.2, -0.15) is 0 Å². The number of esters is 1. The van der Waals surface area contributed by atoms with E-state index >= 15 is 0 Å². The van der Waals surface area contributed by atoms with Crippen molar-refractivity contribution in [3.8, 4) is 0 Å². The van der Waals surface area contributed by atoms with Crippen LogP contribution in [0.25, 0.3) is 0 Å². The molecule has 0 aliphatic rings. The van der Waals surface area contributed by atoms with Gasteiger partial charge in [0.05, 0.1) is 18.0 Å². The van der Waals surface area contributed by atoms with Crippen LogP contribution < -0.4 is 5.73 Å². The number of methoxy groups -OCH3 is 1. The van der Waals surface area contributed by atoms with Crippen LogP contribution in [-0.2, 0) is 14.3 Å². The topological polar surface area (TPSA) is 72.6 Å². The van der Waals surface area contributed by atoms with Crippen LogP contribution in [0, 0.1) is 5.92 Å². The zero-order valence-electron chi connectivity index (χ0n) is 11.3. The summed E-state index contributed by atoms with van der Waals surface area (Å²) in [5, 5.41) is 0. The molecule has 0 aliphatic carbocycles. The lowest BCUT2D eigenvalue weighted by Crippen LogP contribution is -2.44. The Kier molecular flexibility index (Phi) is 8.28. The number of carbonyl (C=O) groups excluding carboxylic acids is 2. The number of nitrogens with zero attached hydrogens (tertiary/aromatic N) is 1. The Labute approximate surface area is 114 Å². The predicted molar refractivity (Wildman–Crippen MR) is 74.1 cm³/mol. The SMILES string of the molecule is CCCC(C(=O)N(CCC)CC(=O)OC)C(N)=S. The lowest BCUT2D eigenvalue weighted by molar-refractivity contribution is -0.147. The highest BCUT2D eigenvalue weighted by molar-refractivity contribution is 7.80. The van der Waals surface area contributed by atoms with E-state index in [0.29, 0.717) is 13.0 Å². The molecule has 6 heteroatoms. The second-order valence-corrected chi connectivity index (χ2v) is 4.55. The summed E-state index contributed by atoms with van der Waals surface area (Å²) in [5.41, 5.74) is 5.59. The van der Waals surface area contributed by atoms with Crippen LogP contribution in [0.3, 0.4) is 0 Å². The van der Waals surface area contributed by atoms with Gasteiger partial charge in [-0.25, -0.2) is 0 Å². The fourth-order valence-electron chi connectivity index (χ4n) is 1.65. The van der Waals surface area contributed by atoms with Gasteiger partial charge in [-0.15, -0.1) is 0 Å². The molecule has 0 aromatic heterocycles. The van der Waals surface area contributed by atoms with Crippen LogP contribution in [0.15, 0.2) is 0 Å². The normalized spacial score (nSPS) is 11.7. The molecule has 0 aromatic carbocycles. The first-order valence-corrected chi connectivity index (χ1v) is 6.53. The summed E-state index contributed by atoms with van der Waals surface area (Å²) in [4.78, 5) is 25.2. The van der Waals surface area contributed by atoms with Gasteiger partial charge in [-0.1, -0.05) is 32.5 Å². The summed E-state index contributed by atoms with van der Waals surface area (Å²) in [6.45, 7) is 4.35. The van der Waals surface area contributed by atoms with E-state index in [4.69, 9.17) is 18.0 Å². The summed E-state index contributed by atoms with van der Waals surface area (Å²) in [6.07, 6.45) is 2.18. The summed E-state index contributed by atoms with van der Waals surface area (Å²) in [5.74, 6) is -1.10. The van der Waals surface area contributed by atoms with Crippen LogP contribution in [0.2, 0.25) is 0 Å². The van der Waals surface area contributed by atoms with E-state index in [1.54, 1.807) is 0 Å². The Bertz CT molecular complexity index is 308. The smallest absolute Gasteiger partial charge is 0.325 e. The van der Waals surface area contributed by atoms with Gasteiger partial charge in [0.1, 0.15) is 6.54 Å². The van der Waals surface area contributed by atoms with Crippen LogP contribution in [-0.4, -0.2) is 42.0 Å². The van der Waals surface area contributed by atoms with Gasteiger partial charge in [-0.05, 0) is 12.8 Å². The van der Waals surface area contributed by atoms with E-state index in [1.165, 1.54) is 12.0 Å². The van der Waals surface area contributed by atoms with Crippen molar-refractivity contribution in [2.75, 3.05) is 20.2 Å². The molecule has 0 fully saturated rings. The fourth-order valence-corrected chi connectivity index (χ4v) is 1.87.